The first kappa shape index (κ1) is 28.8. The molecule has 0 bridgehead atoms. The Hall–Kier alpha value is -4.73. The Morgan fingerprint density at radius 2 is 1.40 bits per heavy atom. The number of rotatable bonds is 10. The number of carbonyl (C=O) groups excluding carboxylic acids is 2. The SMILES string of the molecule is CN(C)S(=O)(=O)c1cccc(N(Cc2ccc3ccccc3c2)C(=O)CC(=O)c2ncc(Cc3ccccc3)cn2)c1. The molecule has 212 valence electrons. The topological polar surface area (TPSA) is 101 Å². The van der Waals surface area contributed by atoms with Crippen LogP contribution in [0.3, 0.4) is 0 Å². The van der Waals surface area contributed by atoms with Gasteiger partial charge in [0.1, 0.15) is 0 Å². The van der Waals surface area contributed by atoms with Crippen molar-refractivity contribution in [2.45, 2.75) is 24.3 Å². The second-order valence-corrected chi connectivity index (χ2v) is 12.3. The Morgan fingerprint density at radius 3 is 2.12 bits per heavy atom. The van der Waals surface area contributed by atoms with Crippen LogP contribution < -0.4 is 4.90 Å². The van der Waals surface area contributed by atoms with Crippen molar-refractivity contribution in [3.63, 3.8) is 0 Å². The van der Waals surface area contributed by atoms with Crippen LogP contribution in [-0.4, -0.2) is 48.5 Å². The van der Waals surface area contributed by atoms with E-state index in [9.17, 15) is 18.0 Å². The van der Waals surface area contributed by atoms with Gasteiger partial charge in [-0.1, -0.05) is 72.8 Å². The number of nitrogens with zero attached hydrogens (tertiary/aromatic N) is 4. The second kappa shape index (κ2) is 12.4. The van der Waals surface area contributed by atoms with E-state index in [1.54, 1.807) is 24.5 Å². The summed E-state index contributed by atoms with van der Waals surface area (Å²) in [6.45, 7) is 0.138. The number of hydrogen-bond acceptors (Lipinski definition) is 6. The zero-order chi connectivity index (χ0) is 29.7. The smallest absolute Gasteiger partial charge is 0.242 e. The molecule has 0 saturated heterocycles. The summed E-state index contributed by atoms with van der Waals surface area (Å²) in [5.41, 5.74) is 3.14. The molecule has 0 aliphatic rings. The number of fused-ring (bicyclic) bond motifs is 1. The van der Waals surface area contributed by atoms with Crippen LogP contribution in [0.25, 0.3) is 10.8 Å². The number of amides is 1. The lowest BCUT2D eigenvalue weighted by molar-refractivity contribution is -0.117. The molecule has 42 heavy (non-hydrogen) atoms. The van der Waals surface area contributed by atoms with Gasteiger partial charge in [-0.3, -0.25) is 9.59 Å². The van der Waals surface area contributed by atoms with E-state index in [4.69, 9.17) is 0 Å². The number of aromatic nitrogens is 2. The van der Waals surface area contributed by atoms with Crippen molar-refractivity contribution in [3.8, 4) is 0 Å². The second-order valence-electron chi connectivity index (χ2n) is 10.1. The van der Waals surface area contributed by atoms with Crippen molar-refractivity contribution in [2.24, 2.45) is 0 Å². The Bertz CT molecular complexity index is 1840. The highest BCUT2D eigenvalue weighted by Crippen LogP contribution is 2.25. The third-order valence-corrected chi connectivity index (χ3v) is 8.69. The van der Waals surface area contributed by atoms with E-state index in [0.29, 0.717) is 12.1 Å². The van der Waals surface area contributed by atoms with Crippen LogP contribution in [-0.2, 0) is 27.8 Å². The van der Waals surface area contributed by atoms with E-state index in [-0.39, 0.29) is 17.3 Å². The van der Waals surface area contributed by atoms with Gasteiger partial charge in [0.25, 0.3) is 0 Å². The molecule has 4 aromatic carbocycles. The molecular formula is C33H30N4O4S. The Balaban J connectivity index is 1.41. The Labute approximate surface area is 245 Å². The molecule has 0 unspecified atom stereocenters. The van der Waals surface area contributed by atoms with Gasteiger partial charge in [-0.2, -0.15) is 0 Å². The Morgan fingerprint density at radius 1 is 0.714 bits per heavy atom. The van der Waals surface area contributed by atoms with Gasteiger partial charge in [0.15, 0.2) is 5.82 Å². The molecule has 5 rings (SSSR count). The molecule has 9 heteroatoms. The Kier molecular flexibility index (Phi) is 8.51. The summed E-state index contributed by atoms with van der Waals surface area (Å²) in [6, 6.07) is 29.8. The molecule has 1 heterocycles. The summed E-state index contributed by atoms with van der Waals surface area (Å²) in [5.74, 6) is -1.06. The molecule has 1 aromatic heterocycles. The first-order chi connectivity index (χ1) is 20.2. The molecule has 0 radical (unpaired) electrons. The van der Waals surface area contributed by atoms with Gasteiger partial charge in [-0.25, -0.2) is 22.7 Å². The summed E-state index contributed by atoms with van der Waals surface area (Å²) in [4.78, 5) is 36.7. The predicted molar refractivity (Wildman–Crippen MR) is 163 cm³/mol. The summed E-state index contributed by atoms with van der Waals surface area (Å²) < 4.78 is 26.8. The first-order valence-corrected chi connectivity index (χ1v) is 14.8. The normalized spacial score (nSPS) is 11.5. The van der Waals surface area contributed by atoms with Crippen molar-refractivity contribution in [2.75, 3.05) is 19.0 Å². The number of anilines is 1. The molecular weight excluding hydrogens is 548 g/mol. The van der Waals surface area contributed by atoms with Crippen molar-refractivity contribution in [1.82, 2.24) is 14.3 Å². The highest BCUT2D eigenvalue weighted by molar-refractivity contribution is 7.89. The summed E-state index contributed by atoms with van der Waals surface area (Å²) >= 11 is 0. The molecule has 0 N–H and O–H groups in total. The van der Waals surface area contributed by atoms with Gasteiger partial charge in [0.05, 0.1) is 17.9 Å². The van der Waals surface area contributed by atoms with Gasteiger partial charge < -0.3 is 4.90 Å². The van der Waals surface area contributed by atoms with Crippen molar-refractivity contribution >= 4 is 38.2 Å². The molecule has 0 spiro atoms. The molecule has 0 atom stereocenters. The third kappa shape index (κ3) is 6.59. The van der Waals surface area contributed by atoms with Gasteiger partial charge in [0, 0.05) is 38.6 Å². The van der Waals surface area contributed by atoms with Crippen molar-refractivity contribution < 1.29 is 18.0 Å². The number of Topliss-reactive ketones (excluding diaryl/α,β-unsaturated/α-hetero) is 1. The van der Waals surface area contributed by atoms with Crippen LogP contribution in [0.5, 0.6) is 0 Å². The molecule has 0 aliphatic heterocycles. The van der Waals surface area contributed by atoms with Crippen LogP contribution in [0.1, 0.15) is 33.7 Å². The van der Waals surface area contributed by atoms with Crippen LogP contribution in [0.4, 0.5) is 5.69 Å². The summed E-state index contributed by atoms with van der Waals surface area (Å²) in [6.07, 6.45) is 3.34. The minimum atomic E-state index is -3.74. The van der Waals surface area contributed by atoms with E-state index < -0.39 is 28.1 Å². The van der Waals surface area contributed by atoms with Crippen molar-refractivity contribution in [3.05, 3.63) is 132 Å². The third-order valence-electron chi connectivity index (χ3n) is 6.88. The van der Waals surface area contributed by atoms with Crippen LogP contribution in [0.15, 0.2) is 114 Å². The van der Waals surface area contributed by atoms with E-state index in [1.807, 2.05) is 72.8 Å². The van der Waals surface area contributed by atoms with E-state index in [1.165, 1.54) is 31.1 Å². The minimum absolute atomic E-state index is 0.0463. The maximum atomic E-state index is 13.7. The monoisotopic (exact) mass is 578 g/mol. The first-order valence-electron chi connectivity index (χ1n) is 13.4. The fourth-order valence-corrected chi connectivity index (χ4v) is 5.54. The summed E-state index contributed by atoms with van der Waals surface area (Å²) in [5, 5.41) is 2.06. The molecule has 8 nitrogen and oxygen atoms in total. The average Bonchev–Trinajstić information content (AvgIpc) is 3.00. The minimum Gasteiger partial charge on any atom is -0.308 e. The van der Waals surface area contributed by atoms with Crippen LogP contribution in [0.2, 0.25) is 0 Å². The zero-order valence-electron chi connectivity index (χ0n) is 23.3. The molecule has 0 fully saturated rings. The van der Waals surface area contributed by atoms with Crippen LogP contribution >= 0.6 is 0 Å². The number of carbonyl (C=O) groups is 2. The zero-order valence-corrected chi connectivity index (χ0v) is 24.2. The quantitative estimate of drug-likeness (QED) is 0.165. The number of benzene rings is 4. The number of sulfonamides is 1. The van der Waals surface area contributed by atoms with Gasteiger partial charge in [0.2, 0.25) is 21.7 Å². The predicted octanol–water partition coefficient (Wildman–Crippen LogP) is 5.28. The lowest BCUT2D eigenvalue weighted by Gasteiger charge is -2.24. The lowest BCUT2D eigenvalue weighted by Crippen LogP contribution is -2.32. The molecule has 5 aromatic rings. The number of hydrogen-bond donors (Lipinski definition) is 0. The lowest BCUT2D eigenvalue weighted by atomic mass is 10.1. The summed E-state index contributed by atoms with van der Waals surface area (Å²) in [7, 11) is -0.848. The largest absolute Gasteiger partial charge is 0.308 e. The highest BCUT2D eigenvalue weighted by Gasteiger charge is 2.24. The molecule has 0 aliphatic carbocycles. The van der Waals surface area contributed by atoms with E-state index in [0.717, 1.165) is 31.8 Å². The maximum absolute atomic E-state index is 13.7. The van der Waals surface area contributed by atoms with E-state index >= 15 is 0 Å². The van der Waals surface area contributed by atoms with Crippen LogP contribution in [0, 0.1) is 0 Å². The fourth-order valence-electron chi connectivity index (χ4n) is 4.60. The number of ketones is 1. The van der Waals surface area contributed by atoms with Gasteiger partial charge in [-0.05, 0) is 51.7 Å². The highest BCUT2D eigenvalue weighted by atomic mass is 32.2. The van der Waals surface area contributed by atoms with Gasteiger partial charge >= 0.3 is 0 Å². The molecule has 1 amide bonds. The standard InChI is InChI=1S/C33H30N4O4S/c1-36(2)42(40,41)30-14-8-13-29(19-30)37(23-25-15-16-27-11-6-7-12-28(27)18-25)32(39)20-31(38)33-34-21-26(22-35-33)17-24-9-4-3-5-10-24/h3-16,18-19,21-22H,17,20,23H2,1-2H3. The fraction of sp³-hybridized carbons (Fsp3) is 0.152. The van der Waals surface area contributed by atoms with Gasteiger partial charge in [-0.15, -0.1) is 0 Å². The van der Waals surface area contributed by atoms with E-state index in [2.05, 4.69) is 9.97 Å². The van der Waals surface area contributed by atoms with Crippen molar-refractivity contribution in [1.29, 1.82) is 0 Å². The average molecular weight is 579 g/mol. The maximum Gasteiger partial charge on any atom is 0.242 e. The molecule has 0 saturated carbocycles.